The average Bonchev–Trinajstić information content (AvgIpc) is 2.86. The number of aromatic nitrogens is 2. The first-order chi connectivity index (χ1) is 7.50. The molecule has 1 saturated carbocycles. The first kappa shape index (κ1) is 10.9. The number of aliphatic carboxylic acids is 1. The molecule has 0 saturated heterocycles. The van der Waals surface area contributed by atoms with Crippen molar-refractivity contribution in [2.24, 2.45) is 11.8 Å². The second kappa shape index (κ2) is 3.73. The lowest BCUT2D eigenvalue weighted by molar-refractivity contribution is -0.138. The number of hydrogen-bond donors (Lipinski definition) is 1. The molecule has 1 N–H and O–H groups in total. The van der Waals surface area contributed by atoms with Crippen molar-refractivity contribution in [2.45, 2.75) is 26.3 Å². The van der Waals surface area contributed by atoms with Gasteiger partial charge in [-0.15, -0.1) is 0 Å². The number of ketones is 1. The van der Waals surface area contributed by atoms with Crippen molar-refractivity contribution in [2.75, 3.05) is 0 Å². The summed E-state index contributed by atoms with van der Waals surface area (Å²) in [5, 5.41) is 12.8. The molecule has 0 spiro atoms. The van der Waals surface area contributed by atoms with Gasteiger partial charge in [0.2, 0.25) is 0 Å². The first-order valence-corrected chi connectivity index (χ1v) is 5.32. The molecule has 1 heterocycles. The molecule has 16 heavy (non-hydrogen) atoms. The van der Waals surface area contributed by atoms with Crippen molar-refractivity contribution < 1.29 is 14.7 Å². The smallest absolute Gasteiger partial charge is 0.307 e. The molecule has 0 amide bonds. The highest BCUT2D eigenvalue weighted by atomic mass is 16.4. The molecule has 1 aromatic rings. The molecule has 86 valence electrons. The Labute approximate surface area is 93.1 Å². The predicted octanol–water partition coefficient (Wildman–Crippen LogP) is 1.37. The normalized spacial score (nSPS) is 23.4. The Kier molecular flexibility index (Phi) is 2.53. The lowest BCUT2D eigenvalue weighted by atomic mass is 10.1. The molecule has 0 aromatic carbocycles. The van der Waals surface area contributed by atoms with Gasteiger partial charge >= 0.3 is 5.97 Å². The lowest BCUT2D eigenvalue weighted by Gasteiger charge is -2.02. The zero-order valence-electron chi connectivity index (χ0n) is 9.25. The third-order valence-electron chi connectivity index (χ3n) is 2.86. The van der Waals surface area contributed by atoms with E-state index in [1.54, 1.807) is 10.9 Å². The Hall–Kier alpha value is -1.65. The minimum atomic E-state index is -0.880. The quantitative estimate of drug-likeness (QED) is 0.781. The largest absolute Gasteiger partial charge is 0.481 e. The van der Waals surface area contributed by atoms with Gasteiger partial charge < -0.3 is 5.11 Å². The van der Waals surface area contributed by atoms with E-state index < -0.39 is 11.9 Å². The number of Topliss-reactive ketones (excluding diaryl/α,β-unsaturated/α-hetero) is 1. The second-order valence-corrected chi connectivity index (χ2v) is 4.45. The summed E-state index contributed by atoms with van der Waals surface area (Å²) >= 11 is 0. The van der Waals surface area contributed by atoms with Gasteiger partial charge in [-0.1, -0.05) is 0 Å². The fourth-order valence-electron chi connectivity index (χ4n) is 1.72. The molecule has 1 fully saturated rings. The van der Waals surface area contributed by atoms with Crippen LogP contribution in [0.5, 0.6) is 0 Å². The number of carbonyl (C=O) groups excluding carboxylic acids is 1. The number of rotatable bonds is 4. The highest BCUT2D eigenvalue weighted by molar-refractivity contribution is 6.02. The zero-order valence-corrected chi connectivity index (χ0v) is 9.25. The molecule has 0 radical (unpaired) electrons. The van der Waals surface area contributed by atoms with Crippen LogP contribution in [0, 0.1) is 11.8 Å². The van der Waals surface area contributed by atoms with Crippen molar-refractivity contribution in [3.63, 3.8) is 0 Å². The van der Waals surface area contributed by atoms with Crippen LogP contribution in [0.1, 0.15) is 36.7 Å². The van der Waals surface area contributed by atoms with Gasteiger partial charge in [0.1, 0.15) is 0 Å². The van der Waals surface area contributed by atoms with E-state index in [4.69, 9.17) is 5.11 Å². The molecule has 2 atom stereocenters. The molecule has 1 aromatic heterocycles. The summed E-state index contributed by atoms with van der Waals surface area (Å²) in [7, 11) is 0. The van der Waals surface area contributed by atoms with Gasteiger partial charge in [0.15, 0.2) is 5.78 Å². The van der Waals surface area contributed by atoms with E-state index >= 15 is 0 Å². The number of carboxylic acids is 1. The van der Waals surface area contributed by atoms with Gasteiger partial charge in [0.05, 0.1) is 17.7 Å². The van der Waals surface area contributed by atoms with Crippen molar-refractivity contribution >= 4 is 11.8 Å². The Bertz CT molecular complexity index is 436. The van der Waals surface area contributed by atoms with Crippen molar-refractivity contribution in [3.8, 4) is 0 Å². The van der Waals surface area contributed by atoms with Crippen LogP contribution in [0.25, 0.3) is 0 Å². The highest BCUT2D eigenvalue weighted by Crippen LogP contribution is 2.41. The zero-order chi connectivity index (χ0) is 11.9. The van der Waals surface area contributed by atoms with Gasteiger partial charge in [-0.25, -0.2) is 0 Å². The van der Waals surface area contributed by atoms with E-state index in [0.717, 1.165) is 0 Å². The molecule has 2 rings (SSSR count). The van der Waals surface area contributed by atoms with E-state index in [1.807, 2.05) is 13.8 Å². The number of hydrogen-bond acceptors (Lipinski definition) is 3. The maximum atomic E-state index is 11.8. The van der Waals surface area contributed by atoms with Crippen LogP contribution >= 0.6 is 0 Å². The van der Waals surface area contributed by atoms with Crippen LogP contribution < -0.4 is 0 Å². The van der Waals surface area contributed by atoms with Crippen LogP contribution in [-0.4, -0.2) is 26.6 Å². The topological polar surface area (TPSA) is 72.2 Å². The minimum absolute atomic E-state index is 0.0979. The molecular weight excluding hydrogens is 208 g/mol. The Morgan fingerprint density at radius 3 is 2.62 bits per heavy atom. The minimum Gasteiger partial charge on any atom is -0.481 e. The van der Waals surface area contributed by atoms with Gasteiger partial charge in [-0.3, -0.25) is 14.3 Å². The third-order valence-corrected chi connectivity index (χ3v) is 2.86. The lowest BCUT2D eigenvalue weighted by Crippen LogP contribution is -2.07. The summed E-state index contributed by atoms with van der Waals surface area (Å²) in [6, 6.07) is 0.205. The van der Waals surface area contributed by atoms with E-state index in [-0.39, 0.29) is 17.7 Å². The standard InChI is InChI=1S/C11H14N2O3/c1-6(2)13-5-7(4-12-13)10(14)8-3-9(8)11(15)16/h4-6,8-9H,3H2,1-2H3,(H,15,16)/t8-,9+/m1/s1. The Morgan fingerprint density at radius 2 is 2.19 bits per heavy atom. The number of carbonyl (C=O) groups is 2. The van der Waals surface area contributed by atoms with Crippen LogP contribution in [0.15, 0.2) is 12.4 Å². The summed E-state index contributed by atoms with van der Waals surface area (Å²) < 4.78 is 1.70. The van der Waals surface area contributed by atoms with Gasteiger partial charge in [0.25, 0.3) is 0 Å². The predicted molar refractivity (Wildman–Crippen MR) is 56.2 cm³/mol. The molecular formula is C11H14N2O3. The maximum absolute atomic E-state index is 11.8. The summed E-state index contributed by atoms with van der Waals surface area (Å²) in [6.45, 7) is 3.94. The molecule has 0 unspecified atom stereocenters. The van der Waals surface area contributed by atoms with Crippen LogP contribution in [0.2, 0.25) is 0 Å². The van der Waals surface area contributed by atoms with Crippen LogP contribution in [0.3, 0.4) is 0 Å². The van der Waals surface area contributed by atoms with Crippen molar-refractivity contribution in [1.29, 1.82) is 0 Å². The average molecular weight is 222 g/mol. The Morgan fingerprint density at radius 1 is 1.50 bits per heavy atom. The first-order valence-electron chi connectivity index (χ1n) is 5.32. The van der Waals surface area contributed by atoms with Gasteiger partial charge in [0, 0.05) is 18.2 Å². The maximum Gasteiger partial charge on any atom is 0.307 e. The molecule has 1 aliphatic rings. The van der Waals surface area contributed by atoms with Crippen molar-refractivity contribution in [1.82, 2.24) is 9.78 Å². The molecule has 0 bridgehead atoms. The van der Waals surface area contributed by atoms with E-state index in [2.05, 4.69) is 5.10 Å². The summed E-state index contributed by atoms with van der Waals surface area (Å²) in [6.07, 6.45) is 3.66. The van der Waals surface area contributed by atoms with Crippen molar-refractivity contribution in [3.05, 3.63) is 18.0 Å². The van der Waals surface area contributed by atoms with E-state index in [0.29, 0.717) is 12.0 Å². The van der Waals surface area contributed by atoms with Crippen LogP contribution in [0.4, 0.5) is 0 Å². The Balaban J connectivity index is 2.08. The SMILES string of the molecule is CC(C)n1cc(C(=O)[C@@H]2C[C@@H]2C(=O)O)cn1. The number of carboxylic acid groups (broad SMARTS) is 1. The van der Waals surface area contributed by atoms with E-state index in [9.17, 15) is 9.59 Å². The fraction of sp³-hybridized carbons (Fsp3) is 0.545. The van der Waals surface area contributed by atoms with Gasteiger partial charge in [-0.05, 0) is 20.3 Å². The number of nitrogens with zero attached hydrogens (tertiary/aromatic N) is 2. The molecule has 5 heteroatoms. The van der Waals surface area contributed by atoms with E-state index in [1.165, 1.54) is 6.20 Å². The second-order valence-electron chi connectivity index (χ2n) is 4.45. The van der Waals surface area contributed by atoms with Crippen LogP contribution in [-0.2, 0) is 4.79 Å². The monoisotopic (exact) mass is 222 g/mol. The molecule has 1 aliphatic carbocycles. The molecule has 0 aliphatic heterocycles. The summed E-state index contributed by atoms with van der Waals surface area (Å²) in [5.74, 6) is -1.81. The highest BCUT2D eigenvalue weighted by Gasteiger charge is 2.48. The fourth-order valence-corrected chi connectivity index (χ4v) is 1.72. The third kappa shape index (κ3) is 1.85. The summed E-state index contributed by atoms with van der Waals surface area (Å²) in [4.78, 5) is 22.5. The molecule has 5 nitrogen and oxygen atoms in total. The summed E-state index contributed by atoms with van der Waals surface area (Å²) in [5.41, 5.74) is 0.516. The van der Waals surface area contributed by atoms with Gasteiger partial charge in [-0.2, -0.15) is 5.10 Å².